The molecule has 3 aliphatic rings. The first-order valence-electron chi connectivity index (χ1n) is 14.4. The third kappa shape index (κ3) is 6.53. The van der Waals surface area contributed by atoms with Gasteiger partial charge in [-0.1, -0.05) is 11.6 Å². The van der Waals surface area contributed by atoms with Crippen molar-refractivity contribution < 1.29 is 27.6 Å². The number of anilines is 1. The van der Waals surface area contributed by atoms with Gasteiger partial charge in [0.1, 0.15) is 0 Å². The molecular weight excluding hydrogens is 603 g/mol. The lowest BCUT2D eigenvalue weighted by atomic mass is 10.0. The minimum absolute atomic E-state index is 0.0226. The molecule has 12 nitrogen and oxygen atoms in total. The van der Waals surface area contributed by atoms with Crippen molar-refractivity contribution in [3.63, 3.8) is 0 Å². The Morgan fingerprint density at radius 1 is 1.07 bits per heavy atom. The molecule has 1 aliphatic carbocycles. The molecular formula is C28H31ClF3N9O3. The highest BCUT2D eigenvalue weighted by Crippen LogP contribution is 2.44. The normalized spacial score (nSPS) is 17.4. The van der Waals surface area contributed by atoms with Crippen molar-refractivity contribution >= 4 is 35.1 Å². The van der Waals surface area contributed by atoms with E-state index in [9.17, 15) is 27.6 Å². The Balaban J connectivity index is 1.04. The van der Waals surface area contributed by atoms with Crippen molar-refractivity contribution in [2.24, 2.45) is 5.92 Å². The number of aromatic amines is 2. The molecule has 5 N–H and O–H groups in total. The van der Waals surface area contributed by atoms with Gasteiger partial charge in [0.15, 0.2) is 11.5 Å². The zero-order valence-electron chi connectivity index (χ0n) is 23.6. The fraction of sp³-hybridized carbons (Fsp3) is 0.464. The Morgan fingerprint density at radius 3 is 2.43 bits per heavy atom. The molecule has 2 aliphatic heterocycles. The van der Waals surface area contributed by atoms with Crippen LogP contribution in [0.25, 0.3) is 0 Å². The number of carbonyl (C=O) groups is 3. The molecule has 44 heavy (non-hydrogen) atoms. The number of amides is 4. The van der Waals surface area contributed by atoms with Crippen LogP contribution in [0, 0.1) is 5.92 Å². The number of piperazine rings is 1. The number of aromatic nitrogens is 4. The molecule has 0 spiro atoms. The minimum Gasteiger partial charge on any atom is -0.338 e. The number of nitrogens with one attached hydrogen (secondary N) is 5. The van der Waals surface area contributed by atoms with E-state index in [0.29, 0.717) is 55.7 Å². The molecule has 0 bridgehead atoms. The SMILES string of the molecule is O=C(Nc1ccc(C(=O)N2CCN(C(=O)NCC3CNC3)CC2)c(Cl)c1)c1ncc(Cc2c(C(F)(F)F)n[nH]c2C2CC2)[nH]1. The molecule has 4 heterocycles. The van der Waals surface area contributed by atoms with Gasteiger partial charge >= 0.3 is 12.2 Å². The van der Waals surface area contributed by atoms with Crippen LogP contribution < -0.4 is 16.0 Å². The van der Waals surface area contributed by atoms with Gasteiger partial charge in [-0.15, -0.1) is 0 Å². The van der Waals surface area contributed by atoms with E-state index in [2.05, 4.69) is 36.1 Å². The summed E-state index contributed by atoms with van der Waals surface area (Å²) >= 11 is 6.42. The van der Waals surface area contributed by atoms with Crippen molar-refractivity contribution in [1.82, 2.24) is 40.6 Å². The lowest BCUT2D eigenvalue weighted by molar-refractivity contribution is -0.141. The molecule has 6 rings (SSSR count). The first-order chi connectivity index (χ1) is 21.1. The van der Waals surface area contributed by atoms with Crippen molar-refractivity contribution in [1.29, 1.82) is 0 Å². The third-order valence-corrected chi connectivity index (χ3v) is 8.40. The molecule has 2 saturated heterocycles. The summed E-state index contributed by atoms with van der Waals surface area (Å²) < 4.78 is 40.6. The zero-order chi connectivity index (χ0) is 31.0. The fourth-order valence-electron chi connectivity index (χ4n) is 5.33. The van der Waals surface area contributed by atoms with Crippen LogP contribution in [0.1, 0.15) is 62.4 Å². The first-order valence-corrected chi connectivity index (χ1v) is 14.8. The standard InChI is InChI=1S/C28H31ClF3N9O3/c29-21-10-17(3-4-19(21)26(43)40-5-7-41(8-6-40)27(44)35-13-15-11-33-12-15)37-25(42)24-34-14-18(36-24)9-20-22(16-1-2-16)38-39-23(20)28(30,31)32/h3-4,10,14-16,33H,1-2,5-9,11-13H2,(H,34,36)(H,35,44)(H,37,42)(H,38,39). The van der Waals surface area contributed by atoms with Crippen molar-refractivity contribution in [2.75, 3.05) is 51.1 Å². The second-order valence-electron chi connectivity index (χ2n) is 11.3. The molecule has 0 radical (unpaired) electrons. The number of carbonyl (C=O) groups excluding carboxylic acids is 3. The second-order valence-corrected chi connectivity index (χ2v) is 11.7. The number of H-pyrrole nitrogens is 2. The number of urea groups is 1. The average molecular weight is 634 g/mol. The van der Waals surface area contributed by atoms with Gasteiger partial charge in [0.05, 0.1) is 10.6 Å². The number of rotatable bonds is 8. The number of imidazole rings is 1. The van der Waals surface area contributed by atoms with E-state index in [0.717, 1.165) is 25.9 Å². The highest BCUT2D eigenvalue weighted by molar-refractivity contribution is 6.34. The predicted molar refractivity (Wildman–Crippen MR) is 154 cm³/mol. The van der Waals surface area contributed by atoms with Crippen LogP contribution in [0.3, 0.4) is 0 Å². The van der Waals surface area contributed by atoms with Gasteiger partial charge in [-0.25, -0.2) is 9.78 Å². The monoisotopic (exact) mass is 633 g/mol. The second kappa shape index (κ2) is 12.1. The Hall–Kier alpha value is -4.11. The predicted octanol–water partition coefficient (Wildman–Crippen LogP) is 3.21. The topological polar surface area (TPSA) is 151 Å². The molecule has 0 atom stereocenters. The maximum absolute atomic E-state index is 13.5. The maximum atomic E-state index is 13.5. The van der Waals surface area contributed by atoms with Crippen LogP contribution in [0.5, 0.6) is 0 Å². The third-order valence-electron chi connectivity index (χ3n) is 8.08. The first kappa shape index (κ1) is 29.9. The quantitative estimate of drug-likeness (QED) is 0.257. The van der Waals surface area contributed by atoms with Crippen LogP contribution in [-0.4, -0.2) is 93.6 Å². The number of hydrogen-bond acceptors (Lipinski definition) is 6. The van der Waals surface area contributed by atoms with Crippen LogP contribution in [0.15, 0.2) is 24.4 Å². The number of hydrogen-bond donors (Lipinski definition) is 5. The Morgan fingerprint density at radius 2 is 1.80 bits per heavy atom. The smallest absolute Gasteiger partial charge is 0.338 e. The van der Waals surface area contributed by atoms with Gasteiger partial charge in [0.25, 0.3) is 11.8 Å². The van der Waals surface area contributed by atoms with E-state index in [1.54, 1.807) is 9.80 Å². The lowest BCUT2D eigenvalue weighted by Crippen LogP contribution is -2.55. The summed E-state index contributed by atoms with van der Waals surface area (Å²) in [5.41, 5.74) is 0.445. The van der Waals surface area contributed by atoms with Gasteiger partial charge in [0, 0.05) is 92.9 Å². The Bertz CT molecular complexity index is 1560. The van der Waals surface area contributed by atoms with Gasteiger partial charge in [-0.2, -0.15) is 18.3 Å². The van der Waals surface area contributed by atoms with E-state index in [1.165, 1.54) is 24.4 Å². The van der Waals surface area contributed by atoms with Crippen LogP contribution >= 0.6 is 11.6 Å². The summed E-state index contributed by atoms with van der Waals surface area (Å²) in [5.74, 6) is -0.523. The molecule has 234 valence electrons. The number of halogens is 4. The van der Waals surface area contributed by atoms with Crippen molar-refractivity contribution in [3.05, 3.63) is 63.5 Å². The number of benzene rings is 1. The van der Waals surface area contributed by atoms with Crippen molar-refractivity contribution in [3.8, 4) is 0 Å². The van der Waals surface area contributed by atoms with Gasteiger partial charge in [0.2, 0.25) is 0 Å². The fourth-order valence-corrected chi connectivity index (χ4v) is 5.59. The summed E-state index contributed by atoms with van der Waals surface area (Å²) in [6, 6.07) is 4.35. The van der Waals surface area contributed by atoms with E-state index in [-0.39, 0.29) is 46.3 Å². The number of alkyl halides is 3. The van der Waals surface area contributed by atoms with E-state index in [1.807, 2.05) is 0 Å². The van der Waals surface area contributed by atoms with E-state index < -0.39 is 17.8 Å². The minimum atomic E-state index is -4.61. The number of nitrogens with zero attached hydrogens (tertiary/aromatic N) is 4. The highest BCUT2D eigenvalue weighted by Gasteiger charge is 2.40. The van der Waals surface area contributed by atoms with Crippen LogP contribution in [0.2, 0.25) is 5.02 Å². The maximum Gasteiger partial charge on any atom is 0.435 e. The summed E-state index contributed by atoms with van der Waals surface area (Å²) in [6.45, 7) is 3.95. The molecule has 1 saturated carbocycles. The molecule has 2 aromatic heterocycles. The molecule has 0 unspecified atom stereocenters. The van der Waals surface area contributed by atoms with Gasteiger partial charge < -0.3 is 30.7 Å². The average Bonchev–Trinajstić information content (AvgIpc) is 3.53. The van der Waals surface area contributed by atoms with E-state index >= 15 is 0 Å². The van der Waals surface area contributed by atoms with Crippen LogP contribution in [-0.2, 0) is 12.6 Å². The van der Waals surface area contributed by atoms with E-state index in [4.69, 9.17) is 11.6 Å². The summed E-state index contributed by atoms with van der Waals surface area (Å²) in [6.07, 6.45) is -1.81. The van der Waals surface area contributed by atoms with Gasteiger partial charge in [-0.05, 0) is 31.0 Å². The molecule has 3 aromatic rings. The summed E-state index contributed by atoms with van der Waals surface area (Å²) in [4.78, 5) is 48.6. The summed E-state index contributed by atoms with van der Waals surface area (Å²) in [7, 11) is 0. The molecule has 4 amide bonds. The van der Waals surface area contributed by atoms with Crippen molar-refractivity contribution in [2.45, 2.75) is 31.4 Å². The molecule has 3 fully saturated rings. The lowest BCUT2D eigenvalue weighted by Gasteiger charge is -2.35. The largest absolute Gasteiger partial charge is 0.435 e. The zero-order valence-corrected chi connectivity index (χ0v) is 24.3. The summed E-state index contributed by atoms with van der Waals surface area (Å²) in [5, 5.41) is 14.9. The Kier molecular flexibility index (Phi) is 8.24. The molecule has 1 aromatic carbocycles. The Labute approximate surface area is 255 Å². The molecule has 16 heteroatoms. The van der Waals surface area contributed by atoms with Gasteiger partial charge in [-0.3, -0.25) is 14.7 Å². The van der Waals surface area contributed by atoms with Crippen LogP contribution in [0.4, 0.5) is 23.7 Å². The highest BCUT2D eigenvalue weighted by atomic mass is 35.5.